The van der Waals surface area contributed by atoms with Crippen LogP contribution in [-0.2, 0) is 11.2 Å². The van der Waals surface area contributed by atoms with Crippen LogP contribution in [0.25, 0.3) is 0 Å². The Balaban J connectivity index is 0.00000363. The molecule has 1 saturated heterocycles. The summed E-state index contributed by atoms with van der Waals surface area (Å²) in [5, 5.41) is 4.20. The molecule has 0 bridgehead atoms. The number of guanidine groups is 1. The molecule has 174 valence electrons. The highest BCUT2D eigenvalue weighted by Crippen LogP contribution is 2.26. The van der Waals surface area contributed by atoms with Crippen molar-refractivity contribution in [2.24, 2.45) is 10.7 Å². The minimum absolute atomic E-state index is 0. The first kappa shape index (κ1) is 26.1. The first-order valence-corrected chi connectivity index (χ1v) is 11.0. The summed E-state index contributed by atoms with van der Waals surface area (Å²) in [4.78, 5) is 20.2. The molecule has 1 heterocycles. The topological polar surface area (TPSA) is 83.2 Å². The van der Waals surface area contributed by atoms with Crippen LogP contribution in [0.3, 0.4) is 0 Å². The van der Waals surface area contributed by atoms with Gasteiger partial charge in [-0.25, -0.2) is 0 Å². The summed E-state index contributed by atoms with van der Waals surface area (Å²) in [7, 11) is 0. The average molecular weight is 572 g/mol. The molecule has 0 radical (unpaired) electrons. The van der Waals surface area contributed by atoms with E-state index < -0.39 is 5.91 Å². The molecular formula is C23H31ClIN5O2. The largest absolute Gasteiger partial charge is 0.484 e. The normalized spacial score (nSPS) is 14.0. The van der Waals surface area contributed by atoms with Crippen molar-refractivity contribution in [3.63, 3.8) is 0 Å². The molecule has 2 aromatic carbocycles. The fourth-order valence-corrected chi connectivity index (χ4v) is 3.75. The van der Waals surface area contributed by atoms with E-state index in [0.29, 0.717) is 12.3 Å². The molecule has 1 aliphatic heterocycles. The Bertz CT molecular complexity index is 886. The van der Waals surface area contributed by atoms with Gasteiger partial charge in [0.15, 0.2) is 12.6 Å². The number of rotatable bonds is 8. The number of anilines is 1. The minimum atomic E-state index is -0.484. The quantitative estimate of drug-likeness (QED) is 0.289. The van der Waals surface area contributed by atoms with Gasteiger partial charge in [0.25, 0.3) is 5.91 Å². The third kappa shape index (κ3) is 7.74. The molecule has 0 aliphatic carbocycles. The van der Waals surface area contributed by atoms with E-state index in [2.05, 4.69) is 28.1 Å². The summed E-state index contributed by atoms with van der Waals surface area (Å²) < 4.78 is 5.29. The number of aliphatic imine (C=N–C) groups is 1. The SMILES string of the molecule is CCNC(=NCCc1ccc(OCC(N)=O)cc1)N1CCN(c2ccccc2Cl)CC1.I. The van der Waals surface area contributed by atoms with Gasteiger partial charge < -0.3 is 25.6 Å². The van der Waals surface area contributed by atoms with Gasteiger partial charge >= 0.3 is 0 Å². The third-order valence-corrected chi connectivity index (χ3v) is 5.39. The maximum absolute atomic E-state index is 10.8. The van der Waals surface area contributed by atoms with Gasteiger partial charge in [-0.15, -0.1) is 24.0 Å². The second-order valence-electron chi connectivity index (χ2n) is 7.31. The summed E-state index contributed by atoms with van der Waals surface area (Å²) >= 11 is 6.35. The van der Waals surface area contributed by atoms with Gasteiger partial charge in [-0.05, 0) is 43.2 Å². The summed E-state index contributed by atoms with van der Waals surface area (Å²) in [6.45, 7) is 7.08. The molecule has 3 N–H and O–H groups in total. The highest BCUT2D eigenvalue weighted by Gasteiger charge is 2.20. The van der Waals surface area contributed by atoms with Crippen LogP contribution in [0.1, 0.15) is 12.5 Å². The number of carbonyl (C=O) groups excluding carboxylic acids is 1. The van der Waals surface area contributed by atoms with Gasteiger partial charge in [0.1, 0.15) is 5.75 Å². The van der Waals surface area contributed by atoms with Crippen molar-refractivity contribution in [2.45, 2.75) is 13.3 Å². The fraction of sp³-hybridized carbons (Fsp3) is 0.391. The van der Waals surface area contributed by atoms with Crippen molar-refractivity contribution >= 4 is 53.1 Å². The Morgan fingerprint density at radius 3 is 2.44 bits per heavy atom. The molecule has 0 atom stereocenters. The van der Waals surface area contributed by atoms with Crippen molar-refractivity contribution in [2.75, 3.05) is 50.8 Å². The first-order chi connectivity index (χ1) is 15.1. The van der Waals surface area contributed by atoms with Crippen LogP contribution < -0.4 is 20.7 Å². The molecule has 0 aromatic heterocycles. The second kappa shape index (κ2) is 13.4. The zero-order valence-electron chi connectivity index (χ0n) is 18.3. The summed E-state index contributed by atoms with van der Waals surface area (Å²) in [6, 6.07) is 15.7. The van der Waals surface area contributed by atoms with Crippen LogP contribution in [0, 0.1) is 0 Å². The highest BCUT2D eigenvalue weighted by atomic mass is 127. The molecule has 1 fully saturated rings. The molecule has 0 saturated carbocycles. The fourth-order valence-electron chi connectivity index (χ4n) is 3.49. The van der Waals surface area contributed by atoms with Crippen LogP contribution in [0.2, 0.25) is 5.02 Å². The van der Waals surface area contributed by atoms with E-state index in [9.17, 15) is 4.79 Å². The van der Waals surface area contributed by atoms with E-state index in [1.807, 2.05) is 42.5 Å². The van der Waals surface area contributed by atoms with Gasteiger partial charge in [-0.1, -0.05) is 35.9 Å². The number of para-hydroxylation sites is 1. The smallest absolute Gasteiger partial charge is 0.255 e. The molecule has 1 amide bonds. The van der Waals surface area contributed by atoms with Crippen LogP contribution in [-0.4, -0.2) is 62.6 Å². The molecular weight excluding hydrogens is 541 g/mol. The lowest BCUT2D eigenvalue weighted by Gasteiger charge is -2.38. The average Bonchev–Trinajstić information content (AvgIpc) is 2.78. The van der Waals surface area contributed by atoms with E-state index in [1.165, 1.54) is 0 Å². The number of carbonyl (C=O) groups is 1. The number of piperazine rings is 1. The van der Waals surface area contributed by atoms with E-state index in [4.69, 9.17) is 27.1 Å². The molecule has 3 rings (SSSR count). The Morgan fingerprint density at radius 1 is 1.12 bits per heavy atom. The number of benzene rings is 2. The van der Waals surface area contributed by atoms with Gasteiger partial charge in [0.05, 0.1) is 10.7 Å². The Labute approximate surface area is 212 Å². The maximum Gasteiger partial charge on any atom is 0.255 e. The predicted molar refractivity (Wildman–Crippen MR) is 141 cm³/mol. The molecule has 0 unspecified atom stereocenters. The Kier molecular flexibility index (Phi) is 10.9. The van der Waals surface area contributed by atoms with Gasteiger partial charge in [0.2, 0.25) is 0 Å². The van der Waals surface area contributed by atoms with E-state index in [0.717, 1.165) is 61.4 Å². The first-order valence-electron chi connectivity index (χ1n) is 10.6. The van der Waals surface area contributed by atoms with Crippen molar-refractivity contribution in [1.82, 2.24) is 10.2 Å². The molecule has 9 heteroatoms. The predicted octanol–water partition coefficient (Wildman–Crippen LogP) is 3.15. The Morgan fingerprint density at radius 2 is 1.81 bits per heavy atom. The van der Waals surface area contributed by atoms with Gasteiger partial charge in [-0.2, -0.15) is 0 Å². The number of amides is 1. The second-order valence-corrected chi connectivity index (χ2v) is 7.72. The number of primary amides is 1. The number of nitrogens with zero attached hydrogens (tertiary/aromatic N) is 3. The summed E-state index contributed by atoms with van der Waals surface area (Å²) in [6.07, 6.45) is 0.824. The maximum atomic E-state index is 10.8. The van der Waals surface area contributed by atoms with Crippen LogP contribution in [0.15, 0.2) is 53.5 Å². The molecule has 1 aliphatic rings. The zero-order chi connectivity index (χ0) is 22.1. The molecule has 0 spiro atoms. The minimum Gasteiger partial charge on any atom is -0.484 e. The van der Waals surface area contributed by atoms with Gasteiger partial charge in [0, 0.05) is 39.3 Å². The summed E-state index contributed by atoms with van der Waals surface area (Å²) in [5.41, 5.74) is 7.35. The zero-order valence-corrected chi connectivity index (χ0v) is 21.4. The summed E-state index contributed by atoms with van der Waals surface area (Å²) in [5.74, 6) is 1.10. The highest BCUT2D eigenvalue weighted by molar-refractivity contribution is 14.0. The van der Waals surface area contributed by atoms with Crippen molar-refractivity contribution in [1.29, 1.82) is 0 Å². The van der Waals surface area contributed by atoms with Gasteiger partial charge in [-0.3, -0.25) is 9.79 Å². The number of nitrogens with two attached hydrogens (primary N) is 1. The lowest BCUT2D eigenvalue weighted by atomic mass is 10.1. The molecule has 7 nitrogen and oxygen atoms in total. The molecule has 2 aromatic rings. The molecule has 32 heavy (non-hydrogen) atoms. The van der Waals surface area contributed by atoms with Crippen molar-refractivity contribution in [3.05, 3.63) is 59.1 Å². The lowest BCUT2D eigenvalue weighted by molar-refractivity contribution is -0.119. The number of ether oxygens (including phenoxy) is 1. The van der Waals surface area contributed by atoms with Crippen molar-refractivity contribution < 1.29 is 9.53 Å². The van der Waals surface area contributed by atoms with Crippen LogP contribution in [0.4, 0.5) is 5.69 Å². The lowest BCUT2D eigenvalue weighted by Crippen LogP contribution is -2.52. The number of nitrogens with one attached hydrogen (secondary N) is 1. The standard InChI is InChI=1S/C23H30ClN5O2.HI/c1-2-26-23(27-12-11-18-7-9-19(10-8-18)31-17-22(25)30)29-15-13-28(14-16-29)21-6-4-3-5-20(21)24;/h3-10H,2,11-17H2,1H3,(H2,25,30)(H,26,27);1H. The number of hydrogen-bond donors (Lipinski definition) is 2. The van der Waals surface area contributed by atoms with Crippen LogP contribution >= 0.6 is 35.6 Å². The monoisotopic (exact) mass is 571 g/mol. The third-order valence-electron chi connectivity index (χ3n) is 5.07. The van der Waals surface area contributed by atoms with Crippen molar-refractivity contribution in [3.8, 4) is 5.75 Å². The Hall–Kier alpha value is -2.20. The number of hydrogen-bond acceptors (Lipinski definition) is 4. The van der Waals surface area contributed by atoms with E-state index in [1.54, 1.807) is 0 Å². The van der Waals surface area contributed by atoms with E-state index >= 15 is 0 Å². The van der Waals surface area contributed by atoms with Crippen LogP contribution in [0.5, 0.6) is 5.75 Å². The number of halogens is 2. The van der Waals surface area contributed by atoms with E-state index in [-0.39, 0.29) is 30.6 Å².